The molecule has 0 aliphatic rings. The highest BCUT2D eigenvalue weighted by Gasteiger charge is 2.22. The lowest BCUT2D eigenvalue weighted by Crippen LogP contribution is -2.17. The molecule has 0 amide bonds. The number of fused-ring (bicyclic) bond motifs is 1. The zero-order chi connectivity index (χ0) is 22.7. The molecule has 0 aliphatic carbocycles. The van der Waals surface area contributed by atoms with E-state index in [1.165, 1.54) is 0 Å². The summed E-state index contributed by atoms with van der Waals surface area (Å²) in [5.74, 6) is -0.0995. The van der Waals surface area contributed by atoms with E-state index < -0.39 is 5.97 Å². The van der Waals surface area contributed by atoms with Gasteiger partial charge in [-0.25, -0.2) is 4.79 Å². The summed E-state index contributed by atoms with van der Waals surface area (Å²) in [6.07, 6.45) is 0. The van der Waals surface area contributed by atoms with Crippen molar-refractivity contribution in [2.75, 3.05) is 7.11 Å². The third kappa shape index (κ3) is 4.25. The van der Waals surface area contributed by atoms with E-state index in [9.17, 15) is 9.90 Å². The first-order valence-corrected chi connectivity index (χ1v) is 10.7. The van der Waals surface area contributed by atoms with Gasteiger partial charge >= 0.3 is 5.97 Å². The molecule has 0 bridgehead atoms. The Morgan fingerprint density at radius 3 is 2.41 bits per heavy atom. The van der Waals surface area contributed by atoms with Gasteiger partial charge < -0.3 is 19.7 Å². The topological polar surface area (TPSA) is 63.5 Å². The number of ether oxygens (including phenoxy) is 1. The highest BCUT2D eigenvalue weighted by Crippen LogP contribution is 2.29. The van der Waals surface area contributed by atoms with Gasteiger partial charge in [-0.05, 0) is 42.7 Å². The first-order valence-electron chi connectivity index (χ1n) is 10.7. The van der Waals surface area contributed by atoms with Crippen molar-refractivity contribution >= 4 is 16.9 Å². The minimum atomic E-state index is -0.915. The highest BCUT2D eigenvalue weighted by molar-refractivity contribution is 5.98. The maximum absolute atomic E-state index is 12.4. The maximum Gasteiger partial charge on any atom is 0.352 e. The van der Waals surface area contributed by atoms with Crippen molar-refractivity contribution in [1.29, 1.82) is 0 Å². The highest BCUT2D eigenvalue weighted by atomic mass is 16.5. The molecular weight excluding hydrogens is 400 g/mol. The lowest BCUT2D eigenvalue weighted by atomic mass is 10.1. The molecule has 0 unspecified atom stereocenters. The summed E-state index contributed by atoms with van der Waals surface area (Å²) in [5, 5.41) is 14.6. The second kappa shape index (κ2) is 9.28. The van der Waals surface area contributed by atoms with E-state index >= 15 is 0 Å². The molecule has 0 radical (unpaired) electrons. The standard InChI is InChI=1S/C27H28N2O3/c1-18-12-13-22-23(16-28-15-20-9-6-7-11-25(20)32-3)26(27(30)31)29(24(22)14-18)17-21-10-5-4-8-19(21)2/h4-14,28H,15-17H2,1-3H3,(H,30,31). The lowest BCUT2D eigenvalue weighted by Gasteiger charge is -2.12. The van der Waals surface area contributed by atoms with Gasteiger partial charge in [-0.15, -0.1) is 0 Å². The molecule has 0 aliphatic heterocycles. The summed E-state index contributed by atoms with van der Waals surface area (Å²) in [4.78, 5) is 12.4. The summed E-state index contributed by atoms with van der Waals surface area (Å²) < 4.78 is 7.37. The van der Waals surface area contributed by atoms with Crippen LogP contribution in [0.3, 0.4) is 0 Å². The van der Waals surface area contributed by atoms with E-state index in [4.69, 9.17) is 4.74 Å². The number of hydrogen-bond acceptors (Lipinski definition) is 3. The molecule has 0 spiro atoms. The predicted octanol–water partition coefficient (Wildman–Crippen LogP) is 5.30. The van der Waals surface area contributed by atoms with Crippen molar-refractivity contribution in [2.24, 2.45) is 0 Å². The van der Waals surface area contributed by atoms with Gasteiger partial charge in [-0.1, -0.05) is 54.6 Å². The minimum absolute atomic E-state index is 0.335. The summed E-state index contributed by atoms with van der Waals surface area (Å²) in [6.45, 7) is 5.63. The number of nitrogens with zero attached hydrogens (tertiary/aromatic N) is 1. The number of aromatic nitrogens is 1. The van der Waals surface area contributed by atoms with Gasteiger partial charge in [0.05, 0.1) is 7.11 Å². The number of carboxylic acids is 1. The van der Waals surface area contributed by atoms with Crippen LogP contribution >= 0.6 is 0 Å². The van der Waals surface area contributed by atoms with Crippen LogP contribution in [0.25, 0.3) is 10.9 Å². The van der Waals surface area contributed by atoms with Crippen LogP contribution in [0.2, 0.25) is 0 Å². The number of carboxylic acid groups (broad SMARTS) is 1. The zero-order valence-electron chi connectivity index (χ0n) is 18.7. The SMILES string of the molecule is COc1ccccc1CNCc1c(C(=O)O)n(Cc2ccccc2C)c2cc(C)ccc12. The third-order valence-electron chi connectivity index (χ3n) is 5.93. The van der Waals surface area contributed by atoms with Crippen molar-refractivity contribution in [3.63, 3.8) is 0 Å². The predicted molar refractivity (Wildman–Crippen MR) is 127 cm³/mol. The number of hydrogen-bond donors (Lipinski definition) is 2. The summed E-state index contributed by atoms with van der Waals surface area (Å²) >= 11 is 0. The molecule has 5 nitrogen and oxygen atoms in total. The van der Waals surface area contributed by atoms with Gasteiger partial charge in [0.15, 0.2) is 0 Å². The average molecular weight is 429 g/mol. The van der Waals surface area contributed by atoms with Crippen LogP contribution in [-0.2, 0) is 19.6 Å². The molecule has 0 fully saturated rings. The van der Waals surface area contributed by atoms with Gasteiger partial charge in [-0.2, -0.15) is 0 Å². The van der Waals surface area contributed by atoms with Crippen LogP contribution in [0, 0.1) is 13.8 Å². The normalized spacial score (nSPS) is 11.1. The molecule has 32 heavy (non-hydrogen) atoms. The molecule has 3 aromatic carbocycles. The molecule has 0 atom stereocenters. The van der Waals surface area contributed by atoms with Crippen molar-refractivity contribution in [3.05, 3.63) is 100 Å². The quantitative estimate of drug-likeness (QED) is 0.400. The number of methoxy groups -OCH3 is 1. The van der Waals surface area contributed by atoms with Crippen LogP contribution in [0.4, 0.5) is 0 Å². The Labute approximate surface area is 188 Å². The fourth-order valence-electron chi connectivity index (χ4n) is 4.25. The Bertz CT molecular complexity index is 1270. The average Bonchev–Trinajstić information content (AvgIpc) is 3.08. The number of aromatic carboxylic acids is 1. The van der Waals surface area contributed by atoms with Crippen LogP contribution in [0.1, 0.15) is 38.3 Å². The van der Waals surface area contributed by atoms with E-state index in [0.717, 1.165) is 44.5 Å². The molecule has 2 N–H and O–H groups in total. The van der Waals surface area contributed by atoms with Crippen LogP contribution < -0.4 is 10.1 Å². The summed E-state index contributed by atoms with van der Waals surface area (Å²) in [5.41, 5.74) is 6.48. The molecule has 0 saturated carbocycles. The summed E-state index contributed by atoms with van der Waals surface area (Å²) in [6, 6.07) is 22.1. The number of nitrogens with one attached hydrogen (secondary N) is 1. The van der Waals surface area contributed by atoms with Crippen LogP contribution in [0.5, 0.6) is 5.75 Å². The van der Waals surface area contributed by atoms with Gasteiger partial charge in [0.25, 0.3) is 0 Å². The Kier molecular flexibility index (Phi) is 6.28. The van der Waals surface area contributed by atoms with Crippen molar-refractivity contribution < 1.29 is 14.6 Å². The van der Waals surface area contributed by atoms with Gasteiger partial charge in [0.2, 0.25) is 0 Å². The molecule has 5 heteroatoms. The van der Waals surface area contributed by atoms with E-state index in [0.29, 0.717) is 25.3 Å². The first-order chi connectivity index (χ1) is 15.5. The van der Waals surface area contributed by atoms with E-state index in [1.807, 2.05) is 60.0 Å². The first kappa shape index (κ1) is 21.7. The Hall–Kier alpha value is -3.57. The maximum atomic E-state index is 12.4. The van der Waals surface area contributed by atoms with Gasteiger partial charge in [0.1, 0.15) is 11.4 Å². The minimum Gasteiger partial charge on any atom is -0.496 e. The third-order valence-corrected chi connectivity index (χ3v) is 5.93. The van der Waals surface area contributed by atoms with E-state index in [-0.39, 0.29) is 0 Å². The van der Waals surface area contributed by atoms with E-state index in [2.05, 4.69) is 30.4 Å². The summed E-state index contributed by atoms with van der Waals surface area (Å²) in [7, 11) is 1.66. The largest absolute Gasteiger partial charge is 0.496 e. The molecular formula is C27H28N2O3. The fourth-order valence-corrected chi connectivity index (χ4v) is 4.25. The number of para-hydroxylation sites is 1. The Morgan fingerprint density at radius 1 is 0.969 bits per heavy atom. The van der Waals surface area contributed by atoms with Crippen LogP contribution in [-0.4, -0.2) is 22.8 Å². The molecule has 164 valence electrons. The van der Waals surface area contributed by atoms with Crippen LogP contribution in [0.15, 0.2) is 66.7 Å². The number of rotatable bonds is 8. The molecule has 4 rings (SSSR count). The molecule has 0 saturated heterocycles. The number of carbonyl (C=O) groups is 1. The second-order valence-electron chi connectivity index (χ2n) is 8.08. The monoisotopic (exact) mass is 428 g/mol. The smallest absolute Gasteiger partial charge is 0.352 e. The number of benzene rings is 3. The van der Waals surface area contributed by atoms with Crippen molar-refractivity contribution in [1.82, 2.24) is 9.88 Å². The molecule has 4 aromatic rings. The zero-order valence-corrected chi connectivity index (χ0v) is 18.7. The molecule has 1 heterocycles. The van der Waals surface area contributed by atoms with Gasteiger partial charge in [0, 0.05) is 41.7 Å². The second-order valence-corrected chi connectivity index (χ2v) is 8.08. The number of aryl methyl sites for hydroxylation is 2. The fraction of sp³-hybridized carbons (Fsp3) is 0.222. The van der Waals surface area contributed by atoms with Crippen molar-refractivity contribution in [3.8, 4) is 5.75 Å². The van der Waals surface area contributed by atoms with Crippen molar-refractivity contribution in [2.45, 2.75) is 33.5 Å². The van der Waals surface area contributed by atoms with E-state index in [1.54, 1.807) is 7.11 Å². The molecule has 1 aromatic heterocycles. The van der Waals surface area contributed by atoms with Gasteiger partial charge in [-0.3, -0.25) is 0 Å². The Morgan fingerprint density at radius 2 is 1.69 bits per heavy atom. The lowest BCUT2D eigenvalue weighted by molar-refractivity contribution is 0.0684. The Balaban J connectivity index is 1.74.